The van der Waals surface area contributed by atoms with Gasteiger partial charge >= 0.3 is 0 Å². The van der Waals surface area contributed by atoms with Gasteiger partial charge in [0.05, 0.1) is 14.2 Å². The molecular weight excluding hydrogens is 288 g/mol. The van der Waals surface area contributed by atoms with Gasteiger partial charge in [-0.15, -0.1) is 0 Å². The molecule has 6 heteroatoms. The van der Waals surface area contributed by atoms with E-state index in [4.69, 9.17) is 9.47 Å². The average Bonchev–Trinajstić information content (AvgIpc) is 2.51. The van der Waals surface area contributed by atoms with Crippen LogP contribution in [0.1, 0.15) is 18.2 Å². The number of aromatic amines is 1. The lowest BCUT2D eigenvalue weighted by molar-refractivity contribution is 0.393. The molecule has 21 heavy (non-hydrogen) atoms. The molecule has 0 amide bonds. The highest BCUT2D eigenvalue weighted by molar-refractivity contribution is 7.98. The molecule has 0 saturated heterocycles. The van der Waals surface area contributed by atoms with Crippen LogP contribution in [0.5, 0.6) is 11.5 Å². The molecule has 0 aliphatic heterocycles. The molecule has 1 aromatic heterocycles. The summed E-state index contributed by atoms with van der Waals surface area (Å²) in [5.41, 5.74) is 1.72. The lowest BCUT2D eigenvalue weighted by atomic mass is 10.2. The molecule has 0 fully saturated rings. The minimum Gasteiger partial charge on any atom is -0.497 e. The first kappa shape index (κ1) is 15.4. The zero-order valence-electron chi connectivity index (χ0n) is 12.3. The highest BCUT2D eigenvalue weighted by atomic mass is 32.2. The molecule has 0 atom stereocenters. The molecule has 0 aliphatic carbocycles. The summed E-state index contributed by atoms with van der Waals surface area (Å²) in [6, 6.07) is 7.24. The maximum atomic E-state index is 11.5. The molecular formula is C15H18N2O3S. The van der Waals surface area contributed by atoms with E-state index in [-0.39, 0.29) is 5.56 Å². The van der Waals surface area contributed by atoms with Gasteiger partial charge in [0.15, 0.2) is 5.16 Å². The van der Waals surface area contributed by atoms with E-state index in [1.807, 2.05) is 25.1 Å². The third-order valence-electron chi connectivity index (χ3n) is 2.92. The Bertz CT molecular complexity index is 648. The molecule has 1 heterocycles. The van der Waals surface area contributed by atoms with Crippen molar-refractivity contribution in [3.63, 3.8) is 0 Å². The molecule has 2 rings (SSSR count). The summed E-state index contributed by atoms with van der Waals surface area (Å²) in [6.07, 6.45) is 0.741. The van der Waals surface area contributed by atoms with Crippen LogP contribution in [-0.4, -0.2) is 24.2 Å². The Kier molecular flexibility index (Phi) is 5.27. The predicted molar refractivity (Wildman–Crippen MR) is 83.3 cm³/mol. The third-order valence-corrected chi connectivity index (χ3v) is 3.87. The topological polar surface area (TPSA) is 64.2 Å². The molecule has 0 radical (unpaired) electrons. The summed E-state index contributed by atoms with van der Waals surface area (Å²) in [7, 11) is 3.24. The Morgan fingerprint density at radius 1 is 1.14 bits per heavy atom. The average molecular weight is 306 g/mol. The number of thioether (sulfide) groups is 1. The van der Waals surface area contributed by atoms with Gasteiger partial charge in [0, 0.05) is 23.6 Å². The molecule has 112 valence electrons. The van der Waals surface area contributed by atoms with Gasteiger partial charge in [0.1, 0.15) is 11.5 Å². The van der Waals surface area contributed by atoms with Gasteiger partial charge in [-0.1, -0.05) is 18.7 Å². The molecule has 0 spiro atoms. The van der Waals surface area contributed by atoms with E-state index in [1.54, 1.807) is 14.2 Å². The first-order chi connectivity index (χ1) is 10.1. The zero-order valence-corrected chi connectivity index (χ0v) is 13.1. The van der Waals surface area contributed by atoms with Crippen LogP contribution < -0.4 is 15.0 Å². The second kappa shape index (κ2) is 7.17. The minimum absolute atomic E-state index is 0.118. The van der Waals surface area contributed by atoms with Crippen LogP contribution in [-0.2, 0) is 12.2 Å². The minimum atomic E-state index is -0.118. The second-order valence-electron chi connectivity index (χ2n) is 4.41. The van der Waals surface area contributed by atoms with Crippen molar-refractivity contribution < 1.29 is 9.47 Å². The fraction of sp³-hybridized carbons (Fsp3) is 0.333. The van der Waals surface area contributed by atoms with Gasteiger partial charge in [-0.25, -0.2) is 4.98 Å². The van der Waals surface area contributed by atoms with Crippen molar-refractivity contribution in [3.8, 4) is 11.5 Å². The summed E-state index contributed by atoms with van der Waals surface area (Å²) >= 11 is 1.48. The summed E-state index contributed by atoms with van der Waals surface area (Å²) in [5.74, 6) is 2.16. The van der Waals surface area contributed by atoms with Crippen molar-refractivity contribution in [2.24, 2.45) is 0 Å². The standard InChI is InChI=1S/C15H18N2O3S/c1-4-11-7-14(18)17-15(16-11)21-9-10-5-12(19-2)8-13(6-10)20-3/h5-8H,4,9H2,1-3H3,(H,16,17,18). The number of hydrogen-bond donors (Lipinski definition) is 1. The normalized spacial score (nSPS) is 10.4. The quantitative estimate of drug-likeness (QED) is 0.656. The van der Waals surface area contributed by atoms with Gasteiger partial charge in [-0.2, -0.15) is 0 Å². The SMILES string of the molecule is CCc1cc(=O)[nH]c(SCc2cc(OC)cc(OC)c2)n1. The molecule has 0 bridgehead atoms. The van der Waals surface area contributed by atoms with Gasteiger partial charge < -0.3 is 14.5 Å². The highest BCUT2D eigenvalue weighted by Gasteiger charge is 2.05. The maximum absolute atomic E-state index is 11.5. The van der Waals surface area contributed by atoms with Crippen LogP contribution in [0.4, 0.5) is 0 Å². The van der Waals surface area contributed by atoms with E-state index in [1.165, 1.54) is 17.8 Å². The summed E-state index contributed by atoms with van der Waals surface area (Å²) in [6.45, 7) is 1.98. The number of H-pyrrole nitrogens is 1. The molecule has 1 aromatic carbocycles. The third kappa shape index (κ3) is 4.26. The lowest BCUT2D eigenvalue weighted by Gasteiger charge is -2.08. The van der Waals surface area contributed by atoms with Crippen molar-refractivity contribution >= 4 is 11.8 Å². The van der Waals surface area contributed by atoms with Crippen LogP contribution >= 0.6 is 11.8 Å². The number of benzene rings is 1. The Morgan fingerprint density at radius 3 is 2.38 bits per heavy atom. The van der Waals surface area contributed by atoms with Crippen molar-refractivity contribution in [2.45, 2.75) is 24.3 Å². The first-order valence-electron chi connectivity index (χ1n) is 6.59. The Hall–Kier alpha value is -1.95. The van der Waals surface area contributed by atoms with Crippen LogP contribution in [0.25, 0.3) is 0 Å². The molecule has 1 N–H and O–H groups in total. The fourth-order valence-electron chi connectivity index (χ4n) is 1.83. The van der Waals surface area contributed by atoms with E-state index < -0.39 is 0 Å². The van der Waals surface area contributed by atoms with Crippen LogP contribution in [0.2, 0.25) is 0 Å². The van der Waals surface area contributed by atoms with Crippen LogP contribution in [0.15, 0.2) is 34.2 Å². The summed E-state index contributed by atoms with van der Waals surface area (Å²) in [4.78, 5) is 18.7. The molecule has 0 unspecified atom stereocenters. The smallest absolute Gasteiger partial charge is 0.251 e. The van der Waals surface area contributed by atoms with Crippen molar-refractivity contribution in [3.05, 3.63) is 45.9 Å². The Labute approximate surface area is 127 Å². The van der Waals surface area contributed by atoms with E-state index in [2.05, 4.69) is 9.97 Å². The largest absolute Gasteiger partial charge is 0.497 e. The Balaban J connectivity index is 2.16. The fourth-order valence-corrected chi connectivity index (χ4v) is 2.66. The second-order valence-corrected chi connectivity index (χ2v) is 5.37. The van der Waals surface area contributed by atoms with Gasteiger partial charge in [0.2, 0.25) is 0 Å². The van der Waals surface area contributed by atoms with Crippen molar-refractivity contribution in [1.29, 1.82) is 0 Å². The number of nitrogens with one attached hydrogen (secondary N) is 1. The van der Waals surface area contributed by atoms with E-state index in [9.17, 15) is 4.79 Å². The van der Waals surface area contributed by atoms with E-state index in [0.29, 0.717) is 10.9 Å². The lowest BCUT2D eigenvalue weighted by Crippen LogP contribution is -2.09. The van der Waals surface area contributed by atoms with Gasteiger partial charge in [0.25, 0.3) is 5.56 Å². The molecule has 5 nitrogen and oxygen atoms in total. The summed E-state index contributed by atoms with van der Waals surface area (Å²) in [5, 5.41) is 0.626. The number of nitrogens with zero attached hydrogens (tertiary/aromatic N) is 1. The number of methoxy groups -OCH3 is 2. The van der Waals surface area contributed by atoms with Crippen molar-refractivity contribution in [2.75, 3.05) is 14.2 Å². The summed E-state index contributed by atoms with van der Waals surface area (Å²) < 4.78 is 10.5. The van der Waals surface area contributed by atoms with Gasteiger partial charge in [-0.3, -0.25) is 4.79 Å². The van der Waals surface area contributed by atoms with E-state index in [0.717, 1.165) is 29.2 Å². The first-order valence-corrected chi connectivity index (χ1v) is 7.58. The number of aromatic nitrogens is 2. The van der Waals surface area contributed by atoms with Gasteiger partial charge in [-0.05, 0) is 24.1 Å². The van der Waals surface area contributed by atoms with Crippen LogP contribution in [0.3, 0.4) is 0 Å². The highest BCUT2D eigenvalue weighted by Crippen LogP contribution is 2.26. The van der Waals surface area contributed by atoms with E-state index >= 15 is 0 Å². The number of ether oxygens (including phenoxy) is 2. The zero-order chi connectivity index (χ0) is 15.2. The number of rotatable bonds is 6. The molecule has 2 aromatic rings. The molecule has 0 saturated carbocycles. The Morgan fingerprint density at radius 2 is 1.81 bits per heavy atom. The van der Waals surface area contributed by atoms with Crippen molar-refractivity contribution in [1.82, 2.24) is 9.97 Å². The van der Waals surface area contributed by atoms with Crippen LogP contribution in [0, 0.1) is 0 Å². The number of hydrogen-bond acceptors (Lipinski definition) is 5. The number of aryl methyl sites for hydroxylation is 1. The monoisotopic (exact) mass is 306 g/mol. The maximum Gasteiger partial charge on any atom is 0.251 e. The predicted octanol–water partition coefficient (Wildman–Crippen LogP) is 2.64. The molecule has 0 aliphatic rings.